The summed E-state index contributed by atoms with van der Waals surface area (Å²) in [5.41, 5.74) is 5.08. The van der Waals surface area contributed by atoms with Gasteiger partial charge in [0, 0.05) is 72.4 Å². The molecule has 3 heterocycles. The van der Waals surface area contributed by atoms with E-state index in [2.05, 4.69) is 38.0 Å². The zero-order valence-electron chi connectivity index (χ0n) is 29.5. The molecule has 4 N–H and O–H groups in total. The van der Waals surface area contributed by atoms with Crippen LogP contribution < -0.4 is 26.0 Å². The molecule has 0 bridgehead atoms. The van der Waals surface area contributed by atoms with Crippen LogP contribution in [0.5, 0.6) is 5.88 Å². The number of aliphatic imine (C=N–C) groups is 2. The van der Waals surface area contributed by atoms with Crippen LogP contribution >= 0.6 is 23.2 Å². The van der Waals surface area contributed by atoms with E-state index in [-0.39, 0.29) is 36.0 Å². The van der Waals surface area contributed by atoms with E-state index in [1.54, 1.807) is 13.3 Å². The van der Waals surface area contributed by atoms with Crippen LogP contribution in [-0.4, -0.2) is 79.1 Å². The van der Waals surface area contributed by atoms with Crippen LogP contribution in [0.2, 0.25) is 10.0 Å². The Hall–Kier alpha value is -4.36. The average molecular weight is 736 g/mol. The second-order valence-electron chi connectivity index (χ2n) is 12.6. The van der Waals surface area contributed by atoms with Crippen LogP contribution in [0.4, 0.5) is 0 Å². The number of hydrogen-bond donors (Lipinski definition) is 4. The summed E-state index contributed by atoms with van der Waals surface area (Å²) >= 11 is 14.1. The van der Waals surface area contributed by atoms with Gasteiger partial charge in [-0.2, -0.15) is 0 Å². The number of carbonyl (C=O) groups excluding carboxylic acids is 2. The van der Waals surface area contributed by atoms with Gasteiger partial charge < -0.3 is 30.7 Å². The Kier molecular flexibility index (Phi) is 12.8. The summed E-state index contributed by atoms with van der Waals surface area (Å²) in [5, 5.41) is 13.7. The van der Waals surface area contributed by atoms with Gasteiger partial charge in [0.15, 0.2) is 0 Å². The van der Waals surface area contributed by atoms with Gasteiger partial charge in [0.25, 0.3) is 0 Å². The Morgan fingerprint density at radius 3 is 2.16 bits per heavy atom. The molecule has 2 aliphatic heterocycles. The highest BCUT2D eigenvalue weighted by Gasteiger charge is 2.27. The van der Waals surface area contributed by atoms with E-state index in [4.69, 9.17) is 42.7 Å². The van der Waals surface area contributed by atoms with Crippen molar-refractivity contribution in [3.63, 3.8) is 0 Å². The van der Waals surface area contributed by atoms with Gasteiger partial charge >= 0.3 is 0 Å². The Morgan fingerprint density at radius 2 is 1.57 bits per heavy atom. The van der Waals surface area contributed by atoms with Crippen molar-refractivity contribution < 1.29 is 19.1 Å². The minimum Gasteiger partial charge on any atom is -0.480 e. The summed E-state index contributed by atoms with van der Waals surface area (Å²) in [7, 11) is 3.08. The van der Waals surface area contributed by atoms with Crippen LogP contribution in [0, 0.1) is 0 Å². The first-order valence-corrected chi connectivity index (χ1v) is 17.6. The number of ether oxygens (including phenoxy) is 2. The topological polar surface area (TPSA) is 151 Å². The standard InChI is InChI=1S/C37H44Cl2N8O4/c1-20(44-36(50-5)30(40-4)18-41-21(2)27-13-15-32(48)45-27)23-9-7-10-24(34(23)38)25-11-8-12-26(35(25)39)29-17-43-31(37(47-29)51-6)19-42-22(3)28-14-16-33(49)46-28/h7-12,17,21-22,27-28,41-42H,4,13-16,18-19H2,1-3,5-6H3,(H,45,48)(H,46,49)/b36-30+,44-20?/t21-,22-,27+,28+/m0/s1. The van der Waals surface area contributed by atoms with E-state index in [0.717, 1.165) is 12.8 Å². The minimum atomic E-state index is 0.0203. The molecule has 2 saturated heterocycles. The fourth-order valence-corrected chi connectivity index (χ4v) is 6.92. The number of nitrogens with one attached hydrogen (secondary N) is 4. The molecule has 0 unspecified atom stereocenters. The lowest BCUT2D eigenvalue weighted by Gasteiger charge is -2.21. The number of hydrogen-bond acceptors (Lipinski definition) is 10. The largest absolute Gasteiger partial charge is 0.480 e. The number of nitrogens with zero attached hydrogens (tertiary/aromatic N) is 4. The molecule has 2 fully saturated rings. The van der Waals surface area contributed by atoms with Crippen molar-refractivity contribution in [1.29, 1.82) is 0 Å². The van der Waals surface area contributed by atoms with Crippen molar-refractivity contribution in [2.75, 3.05) is 20.8 Å². The lowest BCUT2D eigenvalue weighted by atomic mass is 9.98. The maximum absolute atomic E-state index is 11.7. The molecule has 0 saturated carbocycles. The number of methoxy groups -OCH3 is 2. The molecule has 2 amide bonds. The first kappa shape index (κ1) is 37.9. The van der Waals surface area contributed by atoms with Crippen molar-refractivity contribution in [2.24, 2.45) is 9.98 Å². The van der Waals surface area contributed by atoms with Gasteiger partial charge in [-0.1, -0.05) is 59.6 Å². The molecule has 2 aliphatic rings. The summed E-state index contributed by atoms with van der Waals surface area (Å²) < 4.78 is 11.2. The van der Waals surface area contributed by atoms with E-state index in [0.29, 0.717) is 92.8 Å². The van der Waals surface area contributed by atoms with E-state index < -0.39 is 0 Å². The van der Waals surface area contributed by atoms with Crippen molar-refractivity contribution in [1.82, 2.24) is 31.2 Å². The smallest absolute Gasteiger partial charge is 0.237 e. The fourth-order valence-electron chi connectivity index (χ4n) is 6.23. The quantitative estimate of drug-likeness (QED) is 0.119. The molecule has 0 spiro atoms. The van der Waals surface area contributed by atoms with Crippen molar-refractivity contribution >= 4 is 47.4 Å². The van der Waals surface area contributed by atoms with E-state index >= 15 is 0 Å². The third kappa shape index (κ3) is 8.93. The van der Waals surface area contributed by atoms with Crippen molar-refractivity contribution in [3.05, 3.63) is 75.5 Å². The van der Waals surface area contributed by atoms with E-state index in [1.165, 1.54) is 7.11 Å². The maximum Gasteiger partial charge on any atom is 0.237 e. The van der Waals surface area contributed by atoms with Gasteiger partial charge in [0.2, 0.25) is 23.6 Å². The van der Waals surface area contributed by atoms with Crippen LogP contribution in [0.15, 0.2) is 64.2 Å². The highest BCUT2D eigenvalue weighted by atomic mass is 35.5. The normalized spacial score (nSPS) is 19.2. The molecule has 51 heavy (non-hydrogen) atoms. The third-order valence-electron chi connectivity index (χ3n) is 9.31. The van der Waals surface area contributed by atoms with Gasteiger partial charge in [0.05, 0.1) is 41.9 Å². The lowest BCUT2D eigenvalue weighted by molar-refractivity contribution is -0.120. The minimum absolute atomic E-state index is 0.0203. The van der Waals surface area contributed by atoms with Gasteiger partial charge in [-0.3, -0.25) is 19.6 Å². The summed E-state index contributed by atoms with van der Waals surface area (Å²) in [6, 6.07) is 11.5. The van der Waals surface area contributed by atoms with Crippen LogP contribution in [0.25, 0.3) is 22.4 Å². The highest BCUT2D eigenvalue weighted by Crippen LogP contribution is 2.40. The zero-order chi connectivity index (χ0) is 36.7. The summed E-state index contributed by atoms with van der Waals surface area (Å²) in [6.45, 7) is 10.4. The number of amides is 2. The average Bonchev–Trinajstić information content (AvgIpc) is 3.78. The predicted molar refractivity (Wildman–Crippen MR) is 201 cm³/mol. The highest BCUT2D eigenvalue weighted by molar-refractivity contribution is 6.39. The summed E-state index contributed by atoms with van der Waals surface area (Å²) in [5.74, 6) is 0.809. The first-order chi connectivity index (χ1) is 24.5. The van der Waals surface area contributed by atoms with Gasteiger partial charge in [-0.15, -0.1) is 0 Å². The molecule has 12 nitrogen and oxygen atoms in total. The monoisotopic (exact) mass is 734 g/mol. The number of carbonyl (C=O) groups is 2. The molecule has 270 valence electrons. The van der Waals surface area contributed by atoms with Crippen LogP contribution in [0.3, 0.4) is 0 Å². The number of benzene rings is 2. The Balaban J connectivity index is 1.37. The molecule has 14 heteroatoms. The Morgan fingerprint density at radius 1 is 0.961 bits per heavy atom. The molecule has 5 rings (SSSR count). The van der Waals surface area contributed by atoms with Gasteiger partial charge in [-0.05, 0) is 40.3 Å². The maximum atomic E-state index is 11.7. The Bertz CT molecular complexity index is 1850. The van der Waals surface area contributed by atoms with Gasteiger partial charge in [0.1, 0.15) is 11.4 Å². The Labute approximate surface area is 308 Å². The third-order valence-corrected chi connectivity index (χ3v) is 10.1. The molecular formula is C37H44Cl2N8O4. The molecule has 0 radical (unpaired) electrons. The second kappa shape index (κ2) is 17.2. The SMILES string of the molecule is C=N/C(CN[C@@H](C)[C@H]1CCC(=O)N1)=C(\N=C(C)c1cccc(-c2cccc(-c3cnc(CN[C@@H](C)[C@H]4CCC(=O)N4)c(OC)n3)c2Cl)c1Cl)OC. The summed E-state index contributed by atoms with van der Waals surface area (Å²) in [4.78, 5) is 41.6. The predicted octanol–water partition coefficient (Wildman–Crippen LogP) is 5.46. The second-order valence-corrected chi connectivity index (χ2v) is 13.4. The fraction of sp³-hybridized carbons (Fsp3) is 0.405. The van der Waals surface area contributed by atoms with Crippen LogP contribution in [0.1, 0.15) is 57.7 Å². The van der Waals surface area contributed by atoms with Gasteiger partial charge in [-0.25, -0.2) is 9.98 Å². The molecule has 3 aromatic rings. The van der Waals surface area contributed by atoms with Crippen molar-refractivity contribution in [3.8, 4) is 28.3 Å². The molecular weight excluding hydrogens is 691 g/mol. The number of rotatable bonds is 15. The zero-order valence-corrected chi connectivity index (χ0v) is 31.0. The first-order valence-electron chi connectivity index (χ1n) is 16.9. The molecule has 0 aliphatic carbocycles. The molecule has 2 aromatic carbocycles. The number of halogens is 2. The van der Waals surface area contributed by atoms with E-state index in [9.17, 15) is 9.59 Å². The number of aromatic nitrogens is 2. The lowest BCUT2D eigenvalue weighted by Crippen LogP contribution is -2.44. The molecule has 1 aromatic heterocycles. The summed E-state index contributed by atoms with van der Waals surface area (Å²) in [6.07, 6.45) is 4.31. The molecule has 4 atom stereocenters. The van der Waals surface area contributed by atoms with Crippen LogP contribution in [-0.2, 0) is 20.9 Å². The van der Waals surface area contributed by atoms with Crippen molar-refractivity contribution in [2.45, 2.75) is 77.2 Å². The van der Waals surface area contributed by atoms with E-state index in [1.807, 2.05) is 57.2 Å².